The van der Waals surface area contributed by atoms with Crippen LogP contribution in [0.4, 0.5) is 33.3 Å². The molecular weight excluding hydrogens is 563 g/mol. The third-order valence-corrected chi connectivity index (χ3v) is 6.06. The van der Waals surface area contributed by atoms with Gasteiger partial charge in [-0.25, -0.2) is 9.59 Å². The molecule has 12 heteroatoms. The van der Waals surface area contributed by atoms with Crippen LogP contribution >= 0.6 is 0 Å². The summed E-state index contributed by atoms with van der Waals surface area (Å²) in [5.41, 5.74) is 14.5. The molecule has 224 valence electrons. The Morgan fingerprint density at radius 1 is 0.833 bits per heavy atom. The highest BCUT2D eigenvalue weighted by Crippen LogP contribution is 2.38. The van der Waals surface area contributed by atoms with Gasteiger partial charge in [0, 0.05) is 23.4 Å². The number of carbonyl (C=O) groups excluding carboxylic acids is 1. The van der Waals surface area contributed by atoms with E-state index in [2.05, 4.69) is 0 Å². The monoisotopic (exact) mass is 592 g/mol. The van der Waals surface area contributed by atoms with Crippen LogP contribution in [0.3, 0.4) is 0 Å². The molecule has 0 amide bonds. The zero-order valence-electron chi connectivity index (χ0n) is 22.3. The standard InChI is InChI=1S/C30H29F5N2O5/c31-29(32,30(33,34)35)13-2-14-41-25-11-7-21(8-12-25)28(40)42-26-9-5-19(6-10-26)15-22(27(38)39)4-1-3-20-16-23(36)18-24(37)17-20/h5-12,15-18H,1-4,13-14,36-37H2,(H,38,39). The zero-order chi connectivity index (χ0) is 30.9. The van der Waals surface area contributed by atoms with E-state index < -0.39 is 36.9 Å². The lowest BCUT2D eigenvalue weighted by molar-refractivity contribution is -0.284. The number of hydrogen-bond donors (Lipinski definition) is 3. The largest absolute Gasteiger partial charge is 0.494 e. The highest BCUT2D eigenvalue weighted by Gasteiger charge is 2.56. The Hall–Kier alpha value is -4.61. The molecule has 5 N–H and O–H groups in total. The van der Waals surface area contributed by atoms with Crippen LogP contribution in [-0.2, 0) is 11.2 Å². The van der Waals surface area contributed by atoms with Gasteiger partial charge < -0.3 is 26.0 Å². The average Bonchev–Trinajstić information content (AvgIpc) is 2.90. The lowest BCUT2D eigenvalue weighted by Gasteiger charge is -2.19. The van der Waals surface area contributed by atoms with Crippen molar-refractivity contribution in [2.75, 3.05) is 18.1 Å². The first-order chi connectivity index (χ1) is 19.7. The summed E-state index contributed by atoms with van der Waals surface area (Å²) in [5, 5.41) is 9.60. The van der Waals surface area contributed by atoms with Crippen LogP contribution in [0.5, 0.6) is 11.5 Å². The fourth-order valence-electron chi connectivity index (χ4n) is 3.93. The van der Waals surface area contributed by atoms with E-state index in [1.807, 2.05) is 0 Å². The van der Waals surface area contributed by atoms with E-state index in [1.54, 1.807) is 30.3 Å². The molecule has 0 unspecified atom stereocenters. The van der Waals surface area contributed by atoms with Gasteiger partial charge in [-0.15, -0.1) is 0 Å². The number of carboxylic acids is 1. The van der Waals surface area contributed by atoms with Crippen molar-refractivity contribution in [2.45, 2.75) is 44.2 Å². The first-order valence-electron chi connectivity index (χ1n) is 12.8. The number of halogens is 5. The quantitative estimate of drug-likeness (QED) is 0.0492. The summed E-state index contributed by atoms with van der Waals surface area (Å²) in [6.45, 7) is -0.364. The van der Waals surface area contributed by atoms with E-state index in [4.69, 9.17) is 20.9 Å². The number of rotatable bonds is 13. The number of benzene rings is 3. The van der Waals surface area contributed by atoms with Crippen molar-refractivity contribution in [1.29, 1.82) is 0 Å². The molecule has 0 saturated carbocycles. The van der Waals surface area contributed by atoms with E-state index in [1.165, 1.54) is 42.5 Å². The smallest absolute Gasteiger partial charge is 0.453 e. The molecule has 0 radical (unpaired) electrons. The number of nitrogen functional groups attached to an aromatic ring is 2. The van der Waals surface area contributed by atoms with Gasteiger partial charge in [0.05, 0.1) is 12.2 Å². The summed E-state index contributed by atoms with van der Waals surface area (Å²) in [6.07, 6.45) is -4.52. The molecule has 3 aromatic carbocycles. The minimum Gasteiger partial charge on any atom is -0.494 e. The number of carboxylic acid groups (broad SMARTS) is 1. The summed E-state index contributed by atoms with van der Waals surface area (Å²) >= 11 is 0. The molecule has 3 aromatic rings. The Morgan fingerprint density at radius 3 is 2.00 bits per heavy atom. The number of anilines is 2. The molecule has 0 aliphatic rings. The Kier molecular flexibility index (Phi) is 10.5. The van der Waals surface area contributed by atoms with Crippen LogP contribution in [-0.4, -0.2) is 35.8 Å². The van der Waals surface area contributed by atoms with Crippen LogP contribution in [0.15, 0.2) is 72.3 Å². The number of alkyl halides is 5. The van der Waals surface area contributed by atoms with Gasteiger partial charge in [0.25, 0.3) is 0 Å². The maximum atomic E-state index is 12.9. The van der Waals surface area contributed by atoms with Gasteiger partial charge >= 0.3 is 24.0 Å². The van der Waals surface area contributed by atoms with Crippen molar-refractivity contribution in [3.05, 3.63) is 89.0 Å². The summed E-state index contributed by atoms with van der Waals surface area (Å²) in [7, 11) is 0. The Labute approximate surface area is 238 Å². The maximum Gasteiger partial charge on any atom is 0.453 e. The summed E-state index contributed by atoms with van der Waals surface area (Å²) in [6, 6.07) is 16.9. The van der Waals surface area contributed by atoms with Gasteiger partial charge in [-0.1, -0.05) is 12.1 Å². The highest BCUT2D eigenvalue weighted by molar-refractivity contribution is 5.92. The lowest BCUT2D eigenvalue weighted by Crippen LogP contribution is -2.36. The highest BCUT2D eigenvalue weighted by atomic mass is 19.4. The molecule has 0 aliphatic carbocycles. The molecular formula is C30H29F5N2O5. The lowest BCUT2D eigenvalue weighted by atomic mass is 10.0. The fraction of sp³-hybridized carbons (Fsp3) is 0.267. The van der Waals surface area contributed by atoms with Crippen molar-refractivity contribution in [2.24, 2.45) is 0 Å². The van der Waals surface area contributed by atoms with Crippen molar-refractivity contribution in [3.8, 4) is 11.5 Å². The van der Waals surface area contributed by atoms with Gasteiger partial charge in [-0.3, -0.25) is 0 Å². The molecule has 0 saturated heterocycles. The first kappa shape index (κ1) is 31.9. The molecule has 0 aliphatic heterocycles. The predicted octanol–water partition coefficient (Wildman–Crippen LogP) is 6.92. The second-order valence-electron chi connectivity index (χ2n) is 9.47. The predicted molar refractivity (Wildman–Crippen MR) is 147 cm³/mol. The minimum absolute atomic E-state index is 0.144. The van der Waals surface area contributed by atoms with Crippen LogP contribution in [0.1, 0.15) is 47.2 Å². The molecule has 7 nitrogen and oxygen atoms in total. The maximum absolute atomic E-state index is 12.9. The molecule has 0 heterocycles. The van der Waals surface area contributed by atoms with E-state index in [0.717, 1.165) is 5.56 Å². The molecule has 0 fully saturated rings. The van der Waals surface area contributed by atoms with Gasteiger partial charge in [0.2, 0.25) is 0 Å². The molecule has 0 aromatic heterocycles. The van der Waals surface area contributed by atoms with Crippen LogP contribution in [0.2, 0.25) is 0 Å². The Bertz CT molecular complexity index is 1380. The zero-order valence-corrected chi connectivity index (χ0v) is 22.3. The van der Waals surface area contributed by atoms with Crippen LogP contribution in [0, 0.1) is 0 Å². The molecule has 42 heavy (non-hydrogen) atoms. The Morgan fingerprint density at radius 2 is 1.43 bits per heavy atom. The summed E-state index contributed by atoms with van der Waals surface area (Å²) in [4.78, 5) is 24.2. The summed E-state index contributed by atoms with van der Waals surface area (Å²) < 4.78 is 73.0. The topological polar surface area (TPSA) is 125 Å². The van der Waals surface area contributed by atoms with Crippen molar-refractivity contribution in [3.63, 3.8) is 0 Å². The van der Waals surface area contributed by atoms with Gasteiger partial charge in [-0.2, -0.15) is 22.0 Å². The SMILES string of the molecule is Nc1cc(N)cc(CCCC(=Cc2ccc(OC(=O)c3ccc(OCCCC(F)(F)C(F)(F)F)cc3)cc2)C(=O)O)c1. The van der Waals surface area contributed by atoms with Crippen molar-refractivity contribution >= 4 is 29.4 Å². The second kappa shape index (κ2) is 13.8. The number of esters is 1. The third kappa shape index (κ3) is 9.50. The summed E-state index contributed by atoms with van der Waals surface area (Å²) in [5.74, 6) is -6.15. The average molecular weight is 593 g/mol. The number of aryl methyl sites for hydroxylation is 1. The fourth-order valence-corrected chi connectivity index (χ4v) is 3.93. The Balaban J connectivity index is 1.50. The van der Waals surface area contributed by atoms with E-state index in [0.29, 0.717) is 36.2 Å². The molecule has 3 rings (SSSR count). The van der Waals surface area contributed by atoms with E-state index >= 15 is 0 Å². The molecule has 0 atom stereocenters. The van der Waals surface area contributed by atoms with Gasteiger partial charge in [0.15, 0.2) is 0 Å². The normalized spacial score (nSPS) is 12.2. The second-order valence-corrected chi connectivity index (χ2v) is 9.47. The van der Waals surface area contributed by atoms with Crippen LogP contribution in [0.25, 0.3) is 6.08 Å². The van der Waals surface area contributed by atoms with E-state index in [9.17, 15) is 36.6 Å². The number of aliphatic carboxylic acids is 1. The minimum atomic E-state index is -5.61. The third-order valence-electron chi connectivity index (χ3n) is 6.06. The number of carbonyl (C=O) groups is 2. The number of ether oxygens (including phenoxy) is 2. The van der Waals surface area contributed by atoms with E-state index in [-0.39, 0.29) is 29.2 Å². The molecule has 0 spiro atoms. The number of hydrogen-bond acceptors (Lipinski definition) is 6. The van der Waals surface area contributed by atoms with Crippen molar-refractivity contribution in [1.82, 2.24) is 0 Å². The van der Waals surface area contributed by atoms with Crippen LogP contribution < -0.4 is 20.9 Å². The first-order valence-corrected chi connectivity index (χ1v) is 12.8. The number of nitrogens with two attached hydrogens (primary N) is 2. The van der Waals surface area contributed by atoms with Gasteiger partial charge in [0.1, 0.15) is 11.5 Å². The van der Waals surface area contributed by atoms with Crippen molar-refractivity contribution < 1.29 is 46.1 Å². The van der Waals surface area contributed by atoms with Gasteiger partial charge in [-0.05, 0) is 97.5 Å². The molecule has 0 bridgehead atoms.